The molecule has 14 heavy (non-hydrogen) atoms. The zero-order valence-corrected chi connectivity index (χ0v) is 8.85. The first-order valence-corrected chi connectivity index (χ1v) is 4.63. The quantitative estimate of drug-likeness (QED) is 0.638. The van der Waals surface area contributed by atoms with Gasteiger partial charge in [0.05, 0.1) is 6.61 Å². The summed E-state index contributed by atoms with van der Waals surface area (Å²) in [4.78, 5) is 0. The second-order valence-corrected chi connectivity index (χ2v) is 2.28. The van der Waals surface area contributed by atoms with Gasteiger partial charge in [-0.05, 0) is 19.4 Å². The molecule has 3 nitrogen and oxygen atoms in total. The molecule has 0 aliphatic rings. The van der Waals surface area contributed by atoms with Crippen LogP contribution in [-0.4, -0.2) is 28.5 Å². The molecule has 0 bridgehead atoms. The van der Waals surface area contributed by atoms with Crippen molar-refractivity contribution in [3.63, 3.8) is 0 Å². The smallest absolute Gasteiger partial charge is 0.0681 e. The molecule has 0 radical (unpaired) electrons. The maximum absolute atomic E-state index is 8.54. The van der Waals surface area contributed by atoms with E-state index in [2.05, 4.69) is 0 Å². The maximum atomic E-state index is 8.54. The second kappa shape index (κ2) is 14.6. The third-order valence-corrected chi connectivity index (χ3v) is 1.03. The van der Waals surface area contributed by atoms with Gasteiger partial charge >= 0.3 is 0 Å². The zero-order valence-electron chi connectivity index (χ0n) is 8.85. The highest BCUT2D eigenvalue weighted by atomic mass is 16.3. The van der Waals surface area contributed by atoms with Crippen LogP contribution in [0.25, 0.3) is 0 Å². The Hall–Kier alpha value is -0.900. The number of aliphatic hydroxyl groups is 3. The maximum Gasteiger partial charge on any atom is 0.0681 e. The van der Waals surface area contributed by atoms with Gasteiger partial charge in [0.25, 0.3) is 0 Å². The van der Waals surface area contributed by atoms with Gasteiger partial charge in [-0.3, -0.25) is 0 Å². The van der Waals surface area contributed by atoms with Crippen molar-refractivity contribution < 1.29 is 15.3 Å². The number of benzene rings is 1. The van der Waals surface area contributed by atoms with Crippen LogP contribution in [0.2, 0.25) is 0 Å². The molecule has 0 aromatic heterocycles. The van der Waals surface area contributed by atoms with E-state index in [1.807, 2.05) is 30.3 Å². The standard InChI is InChI=1S/C7H8O.2C2H6O/c8-6-7-4-2-1-3-5-7;2*1-2-3/h1-5,8H,6H2;2*3H,2H2,1H3. The summed E-state index contributed by atoms with van der Waals surface area (Å²) in [6.45, 7) is 4.00. The lowest BCUT2D eigenvalue weighted by Crippen LogP contribution is -1.77. The Morgan fingerprint density at radius 3 is 1.43 bits per heavy atom. The van der Waals surface area contributed by atoms with Gasteiger partial charge in [-0.15, -0.1) is 0 Å². The van der Waals surface area contributed by atoms with Crippen molar-refractivity contribution in [1.82, 2.24) is 0 Å². The van der Waals surface area contributed by atoms with E-state index in [1.54, 1.807) is 13.8 Å². The number of hydrogen-bond donors (Lipinski definition) is 3. The fraction of sp³-hybridized carbons (Fsp3) is 0.455. The zero-order chi connectivity index (χ0) is 11.2. The monoisotopic (exact) mass is 200 g/mol. The van der Waals surface area contributed by atoms with Crippen LogP contribution in [0.15, 0.2) is 30.3 Å². The summed E-state index contributed by atoms with van der Waals surface area (Å²) in [6.07, 6.45) is 0. The molecule has 0 atom stereocenters. The molecule has 0 unspecified atom stereocenters. The fourth-order valence-electron chi connectivity index (χ4n) is 0.583. The number of rotatable bonds is 1. The van der Waals surface area contributed by atoms with Crippen LogP contribution < -0.4 is 0 Å². The van der Waals surface area contributed by atoms with E-state index in [0.717, 1.165) is 5.56 Å². The lowest BCUT2D eigenvalue weighted by atomic mass is 10.2. The van der Waals surface area contributed by atoms with E-state index < -0.39 is 0 Å². The predicted molar refractivity (Wildman–Crippen MR) is 57.9 cm³/mol. The first-order chi connectivity index (χ1) is 6.76. The average molecular weight is 200 g/mol. The van der Waals surface area contributed by atoms with Crippen LogP contribution in [-0.2, 0) is 6.61 Å². The molecule has 3 N–H and O–H groups in total. The third kappa shape index (κ3) is 13.7. The molecule has 1 rings (SSSR count). The topological polar surface area (TPSA) is 60.7 Å². The molecular weight excluding hydrogens is 180 g/mol. The molecule has 0 saturated carbocycles. The normalized spacial score (nSPS) is 7.79. The van der Waals surface area contributed by atoms with Crippen molar-refractivity contribution in [1.29, 1.82) is 0 Å². The first kappa shape index (κ1) is 15.6. The third-order valence-electron chi connectivity index (χ3n) is 1.03. The van der Waals surface area contributed by atoms with E-state index >= 15 is 0 Å². The SMILES string of the molecule is CCO.CCO.OCc1ccccc1. The van der Waals surface area contributed by atoms with Gasteiger partial charge in [0.15, 0.2) is 0 Å². The van der Waals surface area contributed by atoms with E-state index in [0.29, 0.717) is 0 Å². The summed E-state index contributed by atoms with van der Waals surface area (Å²) >= 11 is 0. The number of hydrogen-bond acceptors (Lipinski definition) is 3. The fourth-order valence-corrected chi connectivity index (χ4v) is 0.583. The van der Waals surface area contributed by atoms with E-state index in [1.165, 1.54) is 0 Å². The highest BCUT2D eigenvalue weighted by Gasteiger charge is 1.81. The Labute approximate surface area is 85.7 Å². The second-order valence-electron chi connectivity index (χ2n) is 2.28. The summed E-state index contributed by atoms with van der Waals surface area (Å²) in [5.41, 5.74) is 0.965. The van der Waals surface area contributed by atoms with Crippen molar-refractivity contribution in [3.8, 4) is 0 Å². The molecule has 0 heterocycles. The molecule has 0 aliphatic carbocycles. The number of aliphatic hydroxyl groups excluding tert-OH is 3. The minimum atomic E-state index is 0.140. The van der Waals surface area contributed by atoms with E-state index in [-0.39, 0.29) is 19.8 Å². The Morgan fingerprint density at radius 2 is 1.21 bits per heavy atom. The lowest BCUT2D eigenvalue weighted by Gasteiger charge is -1.89. The van der Waals surface area contributed by atoms with Crippen molar-refractivity contribution in [2.75, 3.05) is 13.2 Å². The van der Waals surface area contributed by atoms with Gasteiger partial charge < -0.3 is 15.3 Å². The molecule has 0 saturated heterocycles. The Morgan fingerprint density at radius 1 is 0.857 bits per heavy atom. The molecule has 1 aromatic carbocycles. The summed E-state index contributed by atoms with van der Waals surface area (Å²) < 4.78 is 0. The Kier molecular flexibility index (Phi) is 16.3. The summed E-state index contributed by atoms with van der Waals surface area (Å²) in [5, 5.41) is 23.7. The minimum Gasteiger partial charge on any atom is -0.397 e. The van der Waals surface area contributed by atoms with Gasteiger partial charge in [-0.1, -0.05) is 30.3 Å². The average Bonchev–Trinajstić information content (AvgIpc) is 2.21. The largest absolute Gasteiger partial charge is 0.397 e. The van der Waals surface area contributed by atoms with E-state index in [9.17, 15) is 0 Å². The van der Waals surface area contributed by atoms with Crippen LogP contribution in [0.4, 0.5) is 0 Å². The van der Waals surface area contributed by atoms with Crippen molar-refractivity contribution in [2.24, 2.45) is 0 Å². The van der Waals surface area contributed by atoms with Crippen LogP contribution in [0.5, 0.6) is 0 Å². The van der Waals surface area contributed by atoms with Crippen LogP contribution in [0.1, 0.15) is 19.4 Å². The van der Waals surface area contributed by atoms with Crippen molar-refractivity contribution in [2.45, 2.75) is 20.5 Å². The van der Waals surface area contributed by atoms with Crippen LogP contribution in [0, 0.1) is 0 Å². The highest BCUT2D eigenvalue weighted by molar-refractivity contribution is 5.12. The minimum absolute atomic E-state index is 0.140. The molecule has 0 amide bonds. The molecule has 82 valence electrons. The molecule has 0 spiro atoms. The van der Waals surface area contributed by atoms with E-state index in [4.69, 9.17) is 15.3 Å². The summed E-state index contributed by atoms with van der Waals surface area (Å²) in [5.74, 6) is 0. The van der Waals surface area contributed by atoms with Gasteiger partial charge in [0.1, 0.15) is 0 Å². The Bertz CT molecular complexity index is 173. The molecular formula is C11H20O3. The molecule has 3 heteroatoms. The van der Waals surface area contributed by atoms with Crippen LogP contribution in [0.3, 0.4) is 0 Å². The summed E-state index contributed by atoms with van der Waals surface area (Å²) in [7, 11) is 0. The molecule has 1 aromatic rings. The van der Waals surface area contributed by atoms with Crippen LogP contribution >= 0.6 is 0 Å². The highest BCUT2D eigenvalue weighted by Crippen LogP contribution is 1.95. The lowest BCUT2D eigenvalue weighted by molar-refractivity contribution is 0.282. The predicted octanol–water partition coefficient (Wildman–Crippen LogP) is 1.18. The summed E-state index contributed by atoms with van der Waals surface area (Å²) in [6, 6.07) is 9.52. The van der Waals surface area contributed by atoms with Gasteiger partial charge in [0.2, 0.25) is 0 Å². The Balaban J connectivity index is 0. The molecule has 0 fully saturated rings. The first-order valence-electron chi connectivity index (χ1n) is 4.63. The van der Waals surface area contributed by atoms with Crippen molar-refractivity contribution >= 4 is 0 Å². The van der Waals surface area contributed by atoms with Crippen molar-refractivity contribution in [3.05, 3.63) is 35.9 Å². The van der Waals surface area contributed by atoms with Gasteiger partial charge in [-0.25, -0.2) is 0 Å². The van der Waals surface area contributed by atoms with Gasteiger partial charge in [-0.2, -0.15) is 0 Å². The van der Waals surface area contributed by atoms with Gasteiger partial charge in [0, 0.05) is 13.2 Å². The molecule has 0 aliphatic heterocycles.